The average molecular weight is 372 g/mol. The molecular formula is C20H25FN4O2. The number of carbonyl (C=O) groups excluding carboxylic acids is 1. The SMILES string of the molecule is COc1nccnc1N(C)CC1CCN(C(=O)c2ccc(C)c(F)c2)CC1. The van der Waals surface area contributed by atoms with E-state index in [4.69, 9.17) is 4.74 Å². The number of hydrogen-bond acceptors (Lipinski definition) is 5. The third kappa shape index (κ3) is 4.35. The molecule has 27 heavy (non-hydrogen) atoms. The molecule has 2 aromatic rings. The number of amides is 1. The summed E-state index contributed by atoms with van der Waals surface area (Å²) in [5, 5.41) is 0. The first-order chi connectivity index (χ1) is 13.0. The van der Waals surface area contributed by atoms with Crippen molar-refractivity contribution in [3.05, 3.63) is 47.5 Å². The van der Waals surface area contributed by atoms with E-state index in [2.05, 4.69) is 9.97 Å². The van der Waals surface area contributed by atoms with Crippen molar-refractivity contribution in [1.29, 1.82) is 0 Å². The molecule has 7 heteroatoms. The van der Waals surface area contributed by atoms with Crippen LogP contribution in [0.1, 0.15) is 28.8 Å². The molecule has 1 saturated heterocycles. The fraction of sp³-hybridized carbons (Fsp3) is 0.450. The number of halogens is 1. The van der Waals surface area contributed by atoms with Gasteiger partial charge in [0.05, 0.1) is 7.11 Å². The van der Waals surface area contributed by atoms with E-state index in [0.717, 1.165) is 19.4 Å². The van der Waals surface area contributed by atoms with Crippen molar-refractivity contribution in [1.82, 2.24) is 14.9 Å². The van der Waals surface area contributed by atoms with E-state index >= 15 is 0 Å². The van der Waals surface area contributed by atoms with Gasteiger partial charge in [-0.1, -0.05) is 6.07 Å². The first kappa shape index (κ1) is 19.1. The van der Waals surface area contributed by atoms with Gasteiger partial charge in [0.1, 0.15) is 5.82 Å². The van der Waals surface area contributed by atoms with Crippen LogP contribution in [0, 0.1) is 18.7 Å². The highest BCUT2D eigenvalue weighted by molar-refractivity contribution is 5.94. The largest absolute Gasteiger partial charge is 0.478 e. The van der Waals surface area contributed by atoms with E-state index in [1.54, 1.807) is 38.6 Å². The Bertz CT molecular complexity index is 806. The van der Waals surface area contributed by atoms with Gasteiger partial charge in [-0.2, -0.15) is 0 Å². The minimum Gasteiger partial charge on any atom is -0.478 e. The summed E-state index contributed by atoms with van der Waals surface area (Å²) >= 11 is 0. The fourth-order valence-electron chi connectivity index (χ4n) is 3.42. The molecule has 0 bridgehead atoms. The molecule has 6 nitrogen and oxygen atoms in total. The number of likely N-dealkylation sites (tertiary alicyclic amines) is 1. The number of piperidine rings is 1. The highest BCUT2D eigenvalue weighted by Gasteiger charge is 2.25. The number of hydrogen-bond donors (Lipinski definition) is 0. The van der Waals surface area contributed by atoms with Crippen molar-refractivity contribution < 1.29 is 13.9 Å². The number of aromatic nitrogens is 2. The molecule has 1 aromatic carbocycles. The topological polar surface area (TPSA) is 58.6 Å². The lowest BCUT2D eigenvalue weighted by Gasteiger charge is -2.34. The Morgan fingerprint density at radius 1 is 1.30 bits per heavy atom. The monoisotopic (exact) mass is 372 g/mol. The van der Waals surface area contributed by atoms with Crippen LogP contribution in [0.25, 0.3) is 0 Å². The van der Waals surface area contributed by atoms with Gasteiger partial charge >= 0.3 is 0 Å². The van der Waals surface area contributed by atoms with E-state index in [9.17, 15) is 9.18 Å². The van der Waals surface area contributed by atoms with Gasteiger partial charge in [-0.3, -0.25) is 4.79 Å². The zero-order valence-corrected chi connectivity index (χ0v) is 16.0. The van der Waals surface area contributed by atoms with Crippen molar-refractivity contribution in [2.75, 3.05) is 38.7 Å². The predicted molar refractivity (Wildman–Crippen MR) is 102 cm³/mol. The van der Waals surface area contributed by atoms with Crippen LogP contribution in [0.4, 0.5) is 10.2 Å². The van der Waals surface area contributed by atoms with Crippen LogP contribution < -0.4 is 9.64 Å². The lowest BCUT2D eigenvalue weighted by Crippen LogP contribution is -2.41. The Kier molecular flexibility index (Phi) is 5.88. The first-order valence-corrected chi connectivity index (χ1v) is 9.11. The molecule has 1 aromatic heterocycles. The number of aryl methyl sites for hydroxylation is 1. The normalized spacial score (nSPS) is 14.9. The zero-order chi connectivity index (χ0) is 19.4. The summed E-state index contributed by atoms with van der Waals surface area (Å²) in [4.78, 5) is 25.0. The molecule has 0 radical (unpaired) electrons. The number of rotatable bonds is 5. The van der Waals surface area contributed by atoms with Gasteiger partial charge in [-0.15, -0.1) is 0 Å². The molecule has 0 atom stereocenters. The van der Waals surface area contributed by atoms with Gasteiger partial charge in [-0.25, -0.2) is 14.4 Å². The molecule has 1 aliphatic rings. The van der Waals surface area contributed by atoms with Crippen molar-refractivity contribution in [3.63, 3.8) is 0 Å². The van der Waals surface area contributed by atoms with Crippen LogP contribution in [0.5, 0.6) is 5.88 Å². The molecule has 0 unspecified atom stereocenters. The second kappa shape index (κ2) is 8.33. The molecular weight excluding hydrogens is 347 g/mol. The van der Waals surface area contributed by atoms with Gasteiger partial charge in [0, 0.05) is 44.6 Å². The quantitative estimate of drug-likeness (QED) is 0.808. The summed E-state index contributed by atoms with van der Waals surface area (Å²) in [6, 6.07) is 4.68. The van der Waals surface area contributed by atoms with Crippen molar-refractivity contribution in [2.45, 2.75) is 19.8 Å². The molecule has 144 valence electrons. The van der Waals surface area contributed by atoms with Gasteiger partial charge in [0.2, 0.25) is 0 Å². The van der Waals surface area contributed by atoms with Gasteiger partial charge in [0.25, 0.3) is 11.8 Å². The molecule has 3 rings (SSSR count). The number of ether oxygens (including phenoxy) is 1. The zero-order valence-electron chi connectivity index (χ0n) is 16.0. The third-order valence-electron chi connectivity index (χ3n) is 5.05. The number of benzene rings is 1. The predicted octanol–water partition coefficient (Wildman–Crippen LogP) is 2.92. The minimum absolute atomic E-state index is 0.101. The van der Waals surface area contributed by atoms with Crippen LogP contribution in [0.2, 0.25) is 0 Å². The standard InChI is InChI=1S/C20H25FN4O2/c1-14-4-5-16(12-17(14)21)20(26)25-10-6-15(7-11-25)13-24(2)18-19(27-3)23-9-8-22-18/h4-5,8-9,12,15H,6-7,10-11,13H2,1-3H3. The molecule has 1 amide bonds. The number of nitrogens with zero attached hydrogens (tertiary/aromatic N) is 4. The Hall–Kier alpha value is -2.70. The Morgan fingerprint density at radius 3 is 2.67 bits per heavy atom. The lowest BCUT2D eigenvalue weighted by atomic mass is 9.95. The minimum atomic E-state index is -0.338. The van der Waals surface area contributed by atoms with Crippen molar-refractivity contribution in [2.24, 2.45) is 5.92 Å². The van der Waals surface area contributed by atoms with E-state index in [1.807, 2.05) is 16.8 Å². The van der Waals surface area contributed by atoms with E-state index in [1.165, 1.54) is 6.07 Å². The smallest absolute Gasteiger partial charge is 0.257 e. The summed E-state index contributed by atoms with van der Waals surface area (Å²) in [7, 11) is 3.55. The highest BCUT2D eigenvalue weighted by atomic mass is 19.1. The van der Waals surface area contributed by atoms with Crippen LogP contribution in [-0.4, -0.2) is 54.6 Å². The van der Waals surface area contributed by atoms with Crippen LogP contribution in [0.15, 0.2) is 30.6 Å². The maximum atomic E-state index is 13.7. The molecule has 0 saturated carbocycles. The Morgan fingerprint density at radius 2 is 2.00 bits per heavy atom. The second-order valence-corrected chi connectivity index (χ2v) is 6.97. The molecule has 0 N–H and O–H groups in total. The lowest BCUT2D eigenvalue weighted by molar-refractivity contribution is 0.0692. The average Bonchev–Trinajstić information content (AvgIpc) is 2.70. The summed E-state index contributed by atoms with van der Waals surface area (Å²) in [5.74, 6) is 1.23. The van der Waals surface area contributed by atoms with Crippen molar-refractivity contribution >= 4 is 11.7 Å². The fourth-order valence-corrected chi connectivity index (χ4v) is 3.42. The van der Waals surface area contributed by atoms with Gasteiger partial charge in [-0.05, 0) is 43.4 Å². The number of methoxy groups -OCH3 is 1. The summed E-state index contributed by atoms with van der Waals surface area (Å²) in [6.45, 7) is 3.85. The number of anilines is 1. The first-order valence-electron chi connectivity index (χ1n) is 9.11. The molecule has 1 aliphatic heterocycles. The van der Waals surface area contributed by atoms with E-state index < -0.39 is 0 Å². The highest BCUT2D eigenvalue weighted by Crippen LogP contribution is 2.25. The molecule has 2 heterocycles. The molecule has 1 fully saturated rings. The van der Waals surface area contributed by atoms with Crippen molar-refractivity contribution in [3.8, 4) is 5.88 Å². The second-order valence-electron chi connectivity index (χ2n) is 6.97. The Balaban J connectivity index is 1.57. The maximum Gasteiger partial charge on any atom is 0.257 e. The summed E-state index contributed by atoms with van der Waals surface area (Å²) < 4.78 is 19.0. The van der Waals surface area contributed by atoms with E-state index in [-0.39, 0.29) is 11.7 Å². The summed E-state index contributed by atoms with van der Waals surface area (Å²) in [5.41, 5.74) is 0.964. The van der Waals surface area contributed by atoms with E-state index in [0.29, 0.717) is 41.8 Å². The Labute approximate surface area is 159 Å². The maximum absolute atomic E-state index is 13.7. The van der Waals surface area contributed by atoms with Crippen LogP contribution in [-0.2, 0) is 0 Å². The van der Waals surface area contributed by atoms with Crippen LogP contribution in [0.3, 0.4) is 0 Å². The number of carbonyl (C=O) groups is 1. The van der Waals surface area contributed by atoms with Gasteiger partial charge in [0.15, 0.2) is 5.82 Å². The third-order valence-corrected chi connectivity index (χ3v) is 5.05. The van der Waals surface area contributed by atoms with Gasteiger partial charge < -0.3 is 14.5 Å². The summed E-state index contributed by atoms with van der Waals surface area (Å²) in [6.07, 6.45) is 5.05. The van der Waals surface area contributed by atoms with Crippen LogP contribution >= 0.6 is 0 Å². The molecule has 0 spiro atoms. The molecule has 0 aliphatic carbocycles.